The van der Waals surface area contributed by atoms with Gasteiger partial charge < -0.3 is 4.90 Å². The van der Waals surface area contributed by atoms with Crippen molar-refractivity contribution in [2.24, 2.45) is 0 Å². The maximum atomic E-state index is 13.9. The smallest absolute Gasteiger partial charge is 0.264 e. The van der Waals surface area contributed by atoms with E-state index in [2.05, 4.69) is 0 Å². The van der Waals surface area contributed by atoms with Gasteiger partial charge in [0, 0.05) is 30.9 Å². The van der Waals surface area contributed by atoms with E-state index in [9.17, 15) is 22.0 Å². The third-order valence-electron chi connectivity index (χ3n) is 4.67. The minimum Gasteiger partial charge on any atom is -0.335 e. The fraction of sp³-hybridized carbons (Fsp3) is 0.211. The van der Waals surface area contributed by atoms with E-state index in [1.807, 2.05) is 30.3 Å². The lowest BCUT2D eigenvalue weighted by Gasteiger charge is -2.33. The molecule has 1 aliphatic heterocycles. The van der Waals surface area contributed by atoms with Gasteiger partial charge in [-0.3, -0.25) is 4.79 Å². The van der Waals surface area contributed by atoms with Gasteiger partial charge in [-0.25, -0.2) is 17.2 Å². The van der Waals surface area contributed by atoms with Crippen LogP contribution >= 0.6 is 11.3 Å². The van der Waals surface area contributed by atoms with Crippen molar-refractivity contribution in [1.82, 2.24) is 9.21 Å². The lowest BCUT2D eigenvalue weighted by molar-refractivity contribution is 0.0702. The molecule has 0 N–H and O–H groups in total. The summed E-state index contributed by atoms with van der Waals surface area (Å²) in [6.07, 6.45) is 0. The lowest BCUT2D eigenvalue weighted by atomic mass is 10.2. The zero-order chi connectivity index (χ0) is 19.9. The molecule has 0 spiro atoms. The van der Waals surface area contributed by atoms with Crippen molar-refractivity contribution in [2.45, 2.75) is 4.90 Å². The summed E-state index contributed by atoms with van der Waals surface area (Å²) in [5.41, 5.74) is 0. The Hall–Kier alpha value is -2.36. The van der Waals surface area contributed by atoms with Crippen LogP contribution in [-0.2, 0) is 10.0 Å². The summed E-state index contributed by atoms with van der Waals surface area (Å²) in [7, 11) is -4.17. The predicted molar refractivity (Wildman–Crippen MR) is 103 cm³/mol. The van der Waals surface area contributed by atoms with Crippen molar-refractivity contribution in [3.63, 3.8) is 0 Å². The maximum Gasteiger partial charge on any atom is 0.264 e. The standard InChI is InChI=1S/C19H16F2N2O3S2/c20-14-5-6-15(21)18(12-14)28(25,26)23-9-7-22(8-10-23)19(24)17-11-13-3-1-2-4-16(13)27-17/h1-6,11-12H,7-10H2. The van der Waals surface area contributed by atoms with Crippen molar-refractivity contribution in [1.29, 1.82) is 0 Å². The van der Waals surface area contributed by atoms with Crippen molar-refractivity contribution in [3.05, 3.63) is 65.0 Å². The number of fused-ring (bicyclic) bond motifs is 1. The van der Waals surface area contributed by atoms with Gasteiger partial charge in [-0.1, -0.05) is 18.2 Å². The molecule has 1 aliphatic rings. The molecule has 0 saturated carbocycles. The number of nitrogens with zero attached hydrogens (tertiary/aromatic N) is 2. The molecular weight excluding hydrogens is 406 g/mol. The first-order valence-electron chi connectivity index (χ1n) is 8.59. The van der Waals surface area contributed by atoms with E-state index in [4.69, 9.17) is 0 Å². The summed E-state index contributed by atoms with van der Waals surface area (Å²) in [6, 6.07) is 11.8. The van der Waals surface area contributed by atoms with E-state index < -0.39 is 26.6 Å². The van der Waals surface area contributed by atoms with Crippen LogP contribution in [-0.4, -0.2) is 49.7 Å². The largest absolute Gasteiger partial charge is 0.335 e. The number of hydrogen-bond donors (Lipinski definition) is 0. The topological polar surface area (TPSA) is 57.7 Å². The van der Waals surface area contributed by atoms with Crippen LogP contribution in [0, 0.1) is 11.6 Å². The molecule has 0 radical (unpaired) electrons. The van der Waals surface area contributed by atoms with E-state index in [1.54, 1.807) is 4.90 Å². The third-order valence-corrected chi connectivity index (χ3v) is 7.69. The van der Waals surface area contributed by atoms with Crippen molar-refractivity contribution < 1.29 is 22.0 Å². The maximum absolute atomic E-state index is 13.9. The quantitative estimate of drug-likeness (QED) is 0.651. The van der Waals surface area contributed by atoms with Gasteiger partial charge in [0.2, 0.25) is 10.0 Å². The molecule has 5 nitrogen and oxygen atoms in total. The predicted octanol–water partition coefficient (Wildman–Crippen LogP) is 3.33. The Morgan fingerprint density at radius 2 is 1.68 bits per heavy atom. The van der Waals surface area contributed by atoms with Gasteiger partial charge in [0.05, 0.1) is 4.88 Å². The number of benzene rings is 2. The number of rotatable bonds is 3. The molecule has 1 aromatic heterocycles. The van der Waals surface area contributed by atoms with Crippen molar-refractivity contribution >= 4 is 37.4 Å². The summed E-state index contributed by atoms with van der Waals surface area (Å²) in [6.45, 7) is 0.413. The second-order valence-electron chi connectivity index (χ2n) is 6.42. The highest BCUT2D eigenvalue weighted by Crippen LogP contribution is 2.27. The Morgan fingerprint density at radius 1 is 0.964 bits per heavy atom. The van der Waals surface area contributed by atoms with Gasteiger partial charge >= 0.3 is 0 Å². The first-order chi connectivity index (χ1) is 13.4. The first kappa shape index (κ1) is 19.0. The molecule has 0 aliphatic carbocycles. The summed E-state index contributed by atoms with van der Waals surface area (Å²) >= 11 is 1.39. The number of carbonyl (C=O) groups is 1. The van der Waals surface area contributed by atoms with Crippen LogP contribution in [0.3, 0.4) is 0 Å². The Morgan fingerprint density at radius 3 is 2.39 bits per heavy atom. The van der Waals surface area contributed by atoms with Crippen molar-refractivity contribution in [3.8, 4) is 0 Å². The van der Waals surface area contributed by atoms with Gasteiger partial charge in [0.15, 0.2) is 0 Å². The third kappa shape index (κ3) is 3.41. The van der Waals surface area contributed by atoms with Crippen molar-refractivity contribution in [2.75, 3.05) is 26.2 Å². The minimum atomic E-state index is -4.17. The van der Waals surface area contributed by atoms with Crippen LogP contribution in [0.15, 0.2) is 53.4 Å². The minimum absolute atomic E-state index is 0.0227. The first-order valence-corrected chi connectivity index (χ1v) is 10.8. The molecule has 9 heteroatoms. The molecular formula is C19H16F2N2O3S2. The Bertz CT molecular complexity index is 1120. The van der Waals surface area contributed by atoms with Gasteiger partial charge in [0.25, 0.3) is 5.91 Å². The molecule has 146 valence electrons. The molecule has 2 heterocycles. The number of piperazine rings is 1. The zero-order valence-corrected chi connectivity index (χ0v) is 16.3. The van der Waals surface area contributed by atoms with Gasteiger partial charge in [-0.05, 0) is 35.7 Å². The van der Waals surface area contributed by atoms with Crippen LogP contribution in [0.4, 0.5) is 8.78 Å². The Balaban J connectivity index is 1.49. The Labute approximate surface area is 164 Å². The summed E-state index contributed by atoms with van der Waals surface area (Å²) in [5, 5.41) is 0.985. The second-order valence-corrected chi connectivity index (χ2v) is 9.41. The number of carbonyl (C=O) groups excluding carboxylic acids is 1. The highest BCUT2D eigenvalue weighted by Gasteiger charge is 2.32. The molecule has 1 fully saturated rings. The summed E-state index contributed by atoms with van der Waals surface area (Å²) in [4.78, 5) is 14.2. The zero-order valence-electron chi connectivity index (χ0n) is 14.6. The van der Waals surface area contributed by atoms with Gasteiger partial charge in [0.1, 0.15) is 16.5 Å². The highest BCUT2D eigenvalue weighted by atomic mass is 32.2. The number of hydrogen-bond acceptors (Lipinski definition) is 4. The lowest BCUT2D eigenvalue weighted by Crippen LogP contribution is -2.50. The molecule has 0 atom stereocenters. The number of amides is 1. The van der Waals surface area contributed by atoms with E-state index in [-0.39, 0.29) is 32.1 Å². The molecule has 28 heavy (non-hydrogen) atoms. The molecule has 4 rings (SSSR count). The Kier molecular flexibility index (Phi) is 4.90. The van der Waals surface area contributed by atoms with Gasteiger partial charge in [-0.15, -0.1) is 11.3 Å². The van der Waals surface area contributed by atoms with Crippen LogP contribution in [0.5, 0.6) is 0 Å². The highest BCUT2D eigenvalue weighted by molar-refractivity contribution is 7.89. The fourth-order valence-corrected chi connectivity index (χ4v) is 5.72. The van der Waals surface area contributed by atoms with Crippen LogP contribution < -0.4 is 0 Å². The van der Waals surface area contributed by atoms with E-state index in [0.29, 0.717) is 10.9 Å². The second kappa shape index (κ2) is 7.23. The van der Waals surface area contributed by atoms with E-state index in [1.165, 1.54) is 11.3 Å². The molecule has 0 unspecified atom stereocenters. The number of halogens is 2. The van der Waals surface area contributed by atoms with E-state index in [0.717, 1.165) is 26.5 Å². The summed E-state index contributed by atoms with van der Waals surface area (Å²) < 4.78 is 54.7. The molecule has 2 aromatic carbocycles. The average Bonchev–Trinajstić information content (AvgIpc) is 3.13. The average molecular weight is 422 g/mol. The van der Waals surface area contributed by atoms with Crippen LogP contribution in [0.2, 0.25) is 0 Å². The monoisotopic (exact) mass is 422 g/mol. The fourth-order valence-electron chi connectivity index (χ4n) is 3.19. The van der Waals surface area contributed by atoms with Crippen LogP contribution in [0.25, 0.3) is 10.1 Å². The van der Waals surface area contributed by atoms with Crippen LogP contribution in [0.1, 0.15) is 9.67 Å². The van der Waals surface area contributed by atoms with E-state index >= 15 is 0 Å². The normalized spacial score (nSPS) is 15.9. The number of thiophene rings is 1. The summed E-state index contributed by atoms with van der Waals surface area (Å²) in [5.74, 6) is -1.97. The SMILES string of the molecule is O=C(c1cc2ccccc2s1)N1CCN(S(=O)(=O)c2cc(F)ccc2F)CC1. The molecule has 1 saturated heterocycles. The number of sulfonamides is 1. The van der Waals surface area contributed by atoms with Gasteiger partial charge in [-0.2, -0.15) is 4.31 Å². The molecule has 0 bridgehead atoms. The molecule has 3 aromatic rings. The molecule has 1 amide bonds.